The van der Waals surface area contributed by atoms with E-state index in [4.69, 9.17) is 0 Å². The Labute approximate surface area is 118 Å². The predicted molar refractivity (Wildman–Crippen MR) is 82.6 cm³/mol. The van der Waals surface area contributed by atoms with Crippen LogP contribution >= 0.6 is 11.8 Å². The minimum absolute atomic E-state index is 0.298. The SMILES string of the molecule is c1ccc(C(SC2=NCCN2)c2ccccc2)cc1. The highest BCUT2D eigenvalue weighted by atomic mass is 32.2. The number of nitrogens with one attached hydrogen (secondary N) is 1. The second kappa shape index (κ2) is 5.93. The van der Waals surface area contributed by atoms with Crippen LogP contribution in [0, 0.1) is 0 Å². The zero-order valence-corrected chi connectivity index (χ0v) is 11.4. The number of rotatable bonds is 3. The van der Waals surface area contributed by atoms with E-state index >= 15 is 0 Å². The van der Waals surface area contributed by atoms with E-state index in [1.165, 1.54) is 11.1 Å². The molecule has 0 radical (unpaired) electrons. The van der Waals surface area contributed by atoms with Crippen molar-refractivity contribution in [3.63, 3.8) is 0 Å². The number of hydrogen-bond acceptors (Lipinski definition) is 3. The average molecular weight is 268 g/mol. The third kappa shape index (κ3) is 2.99. The average Bonchev–Trinajstić information content (AvgIpc) is 3.00. The fourth-order valence-corrected chi connectivity index (χ4v) is 3.31. The Hall–Kier alpha value is -1.74. The van der Waals surface area contributed by atoms with Crippen LogP contribution in [0.2, 0.25) is 0 Å². The van der Waals surface area contributed by atoms with Crippen LogP contribution in [0.4, 0.5) is 0 Å². The number of aliphatic imine (C=N–C) groups is 1. The van der Waals surface area contributed by atoms with Crippen molar-refractivity contribution in [3.8, 4) is 0 Å². The molecular formula is C16H16N2S. The summed E-state index contributed by atoms with van der Waals surface area (Å²) >= 11 is 1.80. The molecule has 0 fully saturated rings. The maximum Gasteiger partial charge on any atom is 0.157 e. The molecule has 2 aromatic rings. The molecule has 0 bridgehead atoms. The van der Waals surface area contributed by atoms with E-state index in [2.05, 4.69) is 71.0 Å². The van der Waals surface area contributed by atoms with E-state index in [1.807, 2.05) is 0 Å². The molecule has 2 aromatic carbocycles. The second-order valence-electron chi connectivity index (χ2n) is 4.43. The molecule has 0 aromatic heterocycles. The lowest BCUT2D eigenvalue weighted by molar-refractivity contribution is 0.963. The summed E-state index contributed by atoms with van der Waals surface area (Å²) in [7, 11) is 0. The molecule has 0 aliphatic carbocycles. The highest BCUT2D eigenvalue weighted by molar-refractivity contribution is 8.14. The van der Waals surface area contributed by atoms with E-state index in [0.29, 0.717) is 5.25 Å². The number of amidine groups is 1. The normalized spacial score (nSPS) is 14.3. The van der Waals surface area contributed by atoms with Crippen molar-refractivity contribution in [1.29, 1.82) is 0 Å². The van der Waals surface area contributed by atoms with Gasteiger partial charge >= 0.3 is 0 Å². The largest absolute Gasteiger partial charge is 0.363 e. The van der Waals surface area contributed by atoms with Crippen molar-refractivity contribution in [1.82, 2.24) is 5.32 Å². The number of thioether (sulfide) groups is 1. The Morgan fingerprint density at radius 3 is 1.95 bits per heavy atom. The maximum absolute atomic E-state index is 4.50. The topological polar surface area (TPSA) is 24.4 Å². The van der Waals surface area contributed by atoms with Crippen LogP contribution in [-0.2, 0) is 0 Å². The first-order valence-electron chi connectivity index (χ1n) is 6.48. The van der Waals surface area contributed by atoms with Crippen LogP contribution in [0.1, 0.15) is 16.4 Å². The molecule has 1 N–H and O–H groups in total. The molecule has 1 aliphatic heterocycles. The summed E-state index contributed by atoms with van der Waals surface area (Å²) in [5, 5.41) is 4.69. The Kier molecular flexibility index (Phi) is 3.84. The van der Waals surface area contributed by atoms with Crippen molar-refractivity contribution in [2.45, 2.75) is 5.25 Å². The summed E-state index contributed by atoms with van der Waals surface area (Å²) in [5.41, 5.74) is 2.63. The highest BCUT2D eigenvalue weighted by Crippen LogP contribution is 2.36. The van der Waals surface area contributed by atoms with Crippen LogP contribution in [0.15, 0.2) is 65.7 Å². The number of nitrogens with zero attached hydrogens (tertiary/aromatic N) is 1. The lowest BCUT2D eigenvalue weighted by Crippen LogP contribution is -2.16. The molecule has 1 heterocycles. The van der Waals surface area contributed by atoms with Crippen molar-refractivity contribution < 1.29 is 0 Å². The van der Waals surface area contributed by atoms with E-state index in [-0.39, 0.29) is 0 Å². The van der Waals surface area contributed by atoms with Gasteiger partial charge in [-0.2, -0.15) is 0 Å². The molecule has 19 heavy (non-hydrogen) atoms. The molecule has 0 amide bonds. The van der Waals surface area contributed by atoms with Crippen LogP contribution < -0.4 is 5.32 Å². The van der Waals surface area contributed by atoms with Crippen molar-refractivity contribution >= 4 is 16.9 Å². The van der Waals surface area contributed by atoms with E-state index in [9.17, 15) is 0 Å². The van der Waals surface area contributed by atoms with E-state index < -0.39 is 0 Å². The molecule has 0 unspecified atom stereocenters. The third-order valence-electron chi connectivity index (χ3n) is 3.08. The van der Waals surface area contributed by atoms with Crippen LogP contribution in [0.5, 0.6) is 0 Å². The maximum atomic E-state index is 4.50. The van der Waals surface area contributed by atoms with Gasteiger partial charge in [0, 0.05) is 6.54 Å². The van der Waals surface area contributed by atoms with E-state index in [1.54, 1.807) is 11.8 Å². The third-order valence-corrected chi connectivity index (χ3v) is 4.35. The summed E-state index contributed by atoms with van der Waals surface area (Å²) in [4.78, 5) is 4.50. The fourth-order valence-electron chi connectivity index (χ4n) is 2.15. The molecule has 96 valence electrons. The lowest BCUT2D eigenvalue weighted by atomic mass is 10.0. The first-order valence-corrected chi connectivity index (χ1v) is 7.36. The van der Waals surface area contributed by atoms with Crippen LogP contribution in [0.25, 0.3) is 0 Å². The quantitative estimate of drug-likeness (QED) is 0.921. The Bertz CT molecular complexity index is 512. The smallest absolute Gasteiger partial charge is 0.157 e. The first kappa shape index (κ1) is 12.3. The van der Waals surface area contributed by atoms with Crippen molar-refractivity contribution in [2.75, 3.05) is 13.1 Å². The zero-order valence-electron chi connectivity index (χ0n) is 10.6. The van der Waals surface area contributed by atoms with Gasteiger partial charge < -0.3 is 5.32 Å². The van der Waals surface area contributed by atoms with Gasteiger partial charge in [0.15, 0.2) is 5.17 Å². The summed E-state index contributed by atoms with van der Waals surface area (Å²) in [6, 6.07) is 21.2. The van der Waals surface area contributed by atoms with Gasteiger partial charge in [0.05, 0.1) is 11.8 Å². The number of hydrogen-bond donors (Lipinski definition) is 1. The molecule has 1 aliphatic rings. The van der Waals surface area contributed by atoms with Gasteiger partial charge in [-0.05, 0) is 11.1 Å². The predicted octanol–water partition coefficient (Wildman–Crippen LogP) is 3.47. The van der Waals surface area contributed by atoms with Gasteiger partial charge in [0.1, 0.15) is 0 Å². The molecule has 0 atom stereocenters. The molecule has 3 heteroatoms. The van der Waals surface area contributed by atoms with Gasteiger partial charge in [-0.25, -0.2) is 0 Å². The minimum Gasteiger partial charge on any atom is -0.363 e. The highest BCUT2D eigenvalue weighted by Gasteiger charge is 2.18. The summed E-state index contributed by atoms with van der Waals surface area (Å²) in [6.07, 6.45) is 0. The molecule has 0 saturated carbocycles. The molecular weight excluding hydrogens is 252 g/mol. The van der Waals surface area contributed by atoms with Gasteiger partial charge in [0.25, 0.3) is 0 Å². The summed E-state index contributed by atoms with van der Waals surface area (Å²) < 4.78 is 0. The van der Waals surface area contributed by atoms with Crippen molar-refractivity contribution in [3.05, 3.63) is 71.8 Å². The first-order chi connectivity index (χ1) is 9.43. The van der Waals surface area contributed by atoms with E-state index in [0.717, 1.165) is 18.3 Å². The Morgan fingerprint density at radius 1 is 0.895 bits per heavy atom. The number of benzene rings is 2. The molecule has 0 spiro atoms. The van der Waals surface area contributed by atoms with Crippen LogP contribution in [-0.4, -0.2) is 18.3 Å². The molecule has 0 saturated heterocycles. The standard InChI is InChI=1S/C16H16N2S/c1-3-7-13(8-4-1)15(14-9-5-2-6-10-14)19-16-17-11-12-18-16/h1-10,15H,11-12H2,(H,17,18). The second-order valence-corrected chi connectivity index (χ2v) is 5.53. The summed E-state index contributed by atoms with van der Waals surface area (Å²) in [5.74, 6) is 0. The molecule has 3 rings (SSSR count). The van der Waals surface area contributed by atoms with Crippen molar-refractivity contribution in [2.24, 2.45) is 4.99 Å². The van der Waals surface area contributed by atoms with Crippen LogP contribution in [0.3, 0.4) is 0 Å². The van der Waals surface area contributed by atoms with Gasteiger partial charge in [0.2, 0.25) is 0 Å². The minimum atomic E-state index is 0.298. The fraction of sp³-hybridized carbons (Fsp3) is 0.188. The van der Waals surface area contributed by atoms with Gasteiger partial charge in [-0.1, -0.05) is 72.4 Å². The Morgan fingerprint density at radius 2 is 1.47 bits per heavy atom. The Balaban J connectivity index is 1.91. The summed E-state index contributed by atoms with van der Waals surface area (Å²) in [6.45, 7) is 1.84. The van der Waals surface area contributed by atoms with Gasteiger partial charge in [-0.3, -0.25) is 4.99 Å². The van der Waals surface area contributed by atoms with Gasteiger partial charge in [-0.15, -0.1) is 0 Å². The zero-order chi connectivity index (χ0) is 12.9. The monoisotopic (exact) mass is 268 g/mol. The molecule has 2 nitrogen and oxygen atoms in total. The lowest BCUT2D eigenvalue weighted by Gasteiger charge is -2.17.